The molecule has 1 heterocycles. The number of nitrogens with one attached hydrogen (secondary N) is 2. The summed E-state index contributed by atoms with van der Waals surface area (Å²) in [7, 11) is 1.88. The number of nitrogens with zero attached hydrogens (tertiary/aromatic N) is 1. The van der Waals surface area contributed by atoms with Gasteiger partial charge in [-0.25, -0.2) is 4.98 Å². The zero-order valence-electron chi connectivity index (χ0n) is 17.0. The lowest BCUT2D eigenvalue weighted by Gasteiger charge is -2.12. The van der Waals surface area contributed by atoms with Crippen LogP contribution < -0.4 is 22.1 Å². The van der Waals surface area contributed by atoms with Gasteiger partial charge in [0.1, 0.15) is 11.6 Å². The van der Waals surface area contributed by atoms with E-state index in [1.165, 1.54) is 0 Å². The van der Waals surface area contributed by atoms with E-state index >= 15 is 0 Å². The minimum absolute atomic E-state index is 0.159. The summed E-state index contributed by atoms with van der Waals surface area (Å²) in [4.78, 5) is 3.94. The van der Waals surface area contributed by atoms with Gasteiger partial charge in [-0.1, -0.05) is 48.5 Å². The zero-order valence-corrected chi connectivity index (χ0v) is 17.0. The molecule has 0 aliphatic heterocycles. The number of hydrogen-bond donors (Lipinski definition) is 5. The van der Waals surface area contributed by atoms with Crippen molar-refractivity contribution in [1.29, 1.82) is 0 Å². The highest BCUT2D eigenvalue weighted by atomic mass is 16.3. The van der Waals surface area contributed by atoms with E-state index < -0.39 is 0 Å². The van der Waals surface area contributed by atoms with Crippen LogP contribution in [0, 0.1) is 0 Å². The van der Waals surface area contributed by atoms with Gasteiger partial charge in [-0.15, -0.1) is 0 Å². The van der Waals surface area contributed by atoms with Crippen LogP contribution in [0.15, 0.2) is 79.0 Å². The van der Waals surface area contributed by atoms with Gasteiger partial charge in [0.05, 0.1) is 5.69 Å². The van der Waals surface area contributed by atoms with Gasteiger partial charge in [-0.3, -0.25) is 0 Å². The Hall–Kier alpha value is -3.77. The smallest absolute Gasteiger partial charge is 0.144 e. The van der Waals surface area contributed by atoms with Crippen LogP contribution in [0.3, 0.4) is 0 Å². The number of anilines is 3. The SMILES string of the molecule is CNCc1cccnc1N.Nc1c(O)c(CNc2ccccc2)cc2ccccc12. The standard InChI is InChI=1S/C17H16N2O.C7H11N3/c18-16-15-9-5-4-6-12(15)10-13(17(16)20)11-19-14-7-2-1-3-8-14;1-9-5-6-3-2-4-10-7(6)8/h1-10,19-20H,11,18H2;2-4,9H,5H2,1H3,(H2,8,10). The van der Waals surface area contributed by atoms with Crippen LogP contribution in [0.5, 0.6) is 5.75 Å². The van der Waals surface area contributed by atoms with E-state index in [9.17, 15) is 5.11 Å². The molecule has 0 saturated heterocycles. The maximum absolute atomic E-state index is 10.2. The molecule has 0 spiro atoms. The van der Waals surface area contributed by atoms with Gasteiger partial charge in [0, 0.05) is 41.5 Å². The van der Waals surface area contributed by atoms with Crippen molar-refractivity contribution in [3.63, 3.8) is 0 Å². The summed E-state index contributed by atoms with van der Waals surface area (Å²) in [6.07, 6.45) is 1.69. The van der Waals surface area contributed by atoms with Crippen LogP contribution in [-0.2, 0) is 13.1 Å². The molecule has 4 aromatic rings. The lowest BCUT2D eigenvalue weighted by molar-refractivity contribution is 0.472. The third-order valence-electron chi connectivity index (χ3n) is 4.69. The highest BCUT2D eigenvalue weighted by Gasteiger charge is 2.09. The van der Waals surface area contributed by atoms with E-state index in [-0.39, 0.29) is 5.75 Å². The molecule has 0 radical (unpaired) electrons. The van der Waals surface area contributed by atoms with Crippen LogP contribution in [0.25, 0.3) is 10.8 Å². The maximum Gasteiger partial charge on any atom is 0.144 e. The predicted octanol–water partition coefficient (Wildman–Crippen LogP) is 4.12. The third kappa shape index (κ3) is 5.18. The van der Waals surface area contributed by atoms with E-state index in [1.54, 1.807) is 6.20 Å². The molecular formula is C24H27N5O. The van der Waals surface area contributed by atoms with Crippen LogP contribution in [0.2, 0.25) is 0 Å². The van der Waals surface area contributed by atoms with Crippen molar-refractivity contribution in [2.75, 3.05) is 23.8 Å². The molecule has 4 rings (SSSR count). The second-order valence-electron chi connectivity index (χ2n) is 6.82. The fourth-order valence-corrected chi connectivity index (χ4v) is 3.10. The Labute approximate surface area is 176 Å². The number of pyridine rings is 1. The zero-order chi connectivity index (χ0) is 21.3. The number of hydrogen-bond acceptors (Lipinski definition) is 6. The summed E-state index contributed by atoms with van der Waals surface area (Å²) in [6.45, 7) is 1.31. The van der Waals surface area contributed by atoms with Gasteiger partial charge in [0.25, 0.3) is 0 Å². The van der Waals surface area contributed by atoms with E-state index in [2.05, 4.69) is 15.6 Å². The number of nitrogen functional groups attached to an aromatic ring is 2. The average molecular weight is 402 g/mol. The molecule has 7 N–H and O–H groups in total. The van der Waals surface area contributed by atoms with Crippen LogP contribution in [-0.4, -0.2) is 17.1 Å². The van der Waals surface area contributed by atoms with Crippen molar-refractivity contribution in [2.24, 2.45) is 0 Å². The van der Waals surface area contributed by atoms with Gasteiger partial charge in [-0.05, 0) is 36.7 Å². The second kappa shape index (κ2) is 10.1. The Kier molecular flexibility index (Phi) is 7.08. The summed E-state index contributed by atoms with van der Waals surface area (Å²) in [5, 5.41) is 18.4. The van der Waals surface area contributed by atoms with Gasteiger partial charge in [0.2, 0.25) is 0 Å². The number of benzene rings is 3. The first-order chi connectivity index (χ1) is 14.6. The topological polar surface area (TPSA) is 109 Å². The summed E-state index contributed by atoms with van der Waals surface area (Å²) < 4.78 is 0. The minimum Gasteiger partial charge on any atom is -0.505 e. The molecule has 0 fully saturated rings. The molecule has 0 atom stereocenters. The van der Waals surface area contributed by atoms with Crippen molar-refractivity contribution in [3.05, 3.63) is 90.1 Å². The summed E-state index contributed by atoms with van der Waals surface area (Å²) in [5.41, 5.74) is 14.9. The molecule has 0 bridgehead atoms. The van der Waals surface area contributed by atoms with Crippen molar-refractivity contribution in [2.45, 2.75) is 13.1 Å². The monoisotopic (exact) mass is 401 g/mol. The molecule has 6 heteroatoms. The van der Waals surface area contributed by atoms with E-state index in [4.69, 9.17) is 11.5 Å². The molecule has 30 heavy (non-hydrogen) atoms. The number of aromatic nitrogens is 1. The third-order valence-corrected chi connectivity index (χ3v) is 4.69. The summed E-state index contributed by atoms with van der Waals surface area (Å²) in [5.74, 6) is 0.768. The van der Waals surface area contributed by atoms with E-state index in [0.717, 1.165) is 34.1 Å². The quantitative estimate of drug-likeness (QED) is 0.254. The molecule has 154 valence electrons. The minimum atomic E-state index is 0.159. The molecular weight excluding hydrogens is 374 g/mol. The average Bonchev–Trinajstić information content (AvgIpc) is 2.78. The Morgan fingerprint density at radius 2 is 1.60 bits per heavy atom. The fourth-order valence-electron chi connectivity index (χ4n) is 3.10. The van der Waals surface area contributed by atoms with Crippen molar-refractivity contribution >= 4 is 28.0 Å². The highest BCUT2D eigenvalue weighted by molar-refractivity contribution is 5.96. The fraction of sp³-hybridized carbons (Fsp3) is 0.125. The second-order valence-corrected chi connectivity index (χ2v) is 6.82. The van der Waals surface area contributed by atoms with Crippen LogP contribution in [0.1, 0.15) is 11.1 Å². The molecule has 0 unspecified atom stereocenters. The lowest BCUT2D eigenvalue weighted by Crippen LogP contribution is -2.08. The summed E-state index contributed by atoms with van der Waals surface area (Å²) in [6, 6.07) is 23.5. The number of phenols is 1. The molecule has 3 aromatic carbocycles. The van der Waals surface area contributed by atoms with E-state index in [0.29, 0.717) is 18.1 Å². The Bertz CT molecular complexity index is 1100. The molecule has 0 saturated carbocycles. The Morgan fingerprint density at radius 3 is 2.33 bits per heavy atom. The number of nitrogens with two attached hydrogens (primary N) is 2. The number of phenolic OH excluding ortho intramolecular Hbond substituents is 1. The number of para-hydroxylation sites is 1. The normalized spacial score (nSPS) is 10.3. The molecule has 1 aromatic heterocycles. The van der Waals surface area contributed by atoms with Gasteiger partial charge >= 0.3 is 0 Å². The molecule has 6 nitrogen and oxygen atoms in total. The van der Waals surface area contributed by atoms with Crippen molar-refractivity contribution in [1.82, 2.24) is 10.3 Å². The van der Waals surface area contributed by atoms with Gasteiger partial charge in [0.15, 0.2) is 0 Å². The predicted molar refractivity (Wildman–Crippen MR) is 125 cm³/mol. The molecule has 0 aliphatic rings. The Balaban J connectivity index is 0.000000216. The van der Waals surface area contributed by atoms with Crippen molar-refractivity contribution < 1.29 is 5.11 Å². The number of rotatable bonds is 5. The lowest BCUT2D eigenvalue weighted by atomic mass is 10.0. The molecule has 0 amide bonds. The maximum atomic E-state index is 10.2. The van der Waals surface area contributed by atoms with Gasteiger partial charge in [-0.2, -0.15) is 0 Å². The van der Waals surface area contributed by atoms with Crippen LogP contribution >= 0.6 is 0 Å². The van der Waals surface area contributed by atoms with E-state index in [1.807, 2.05) is 79.8 Å². The van der Waals surface area contributed by atoms with Crippen molar-refractivity contribution in [3.8, 4) is 5.75 Å². The largest absolute Gasteiger partial charge is 0.505 e. The summed E-state index contributed by atoms with van der Waals surface area (Å²) >= 11 is 0. The molecule has 0 aliphatic carbocycles. The first-order valence-electron chi connectivity index (χ1n) is 9.72. The Morgan fingerprint density at radius 1 is 0.867 bits per heavy atom. The number of aromatic hydroxyl groups is 1. The first kappa shape index (κ1) is 21.0. The highest BCUT2D eigenvalue weighted by Crippen LogP contribution is 2.33. The number of fused-ring (bicyclic) bond motifs is 1. The first-order valence-corrected chi connectivity index (χ1v) is 9.72. The van der Waals surface area contributed by atoms with Crippen LogP contribution in [0.4, 0.5) is 17.2 Å². The van der Waals surface area contributed by atoms with Gasteiger partial charge < -0.3 is 27.2 Å².